The summed E-state index contributed by atoms with van der Waals surface area (Å²) in [5, 5.41) is 8.68. The van der Waals surface area contributed by atoms with Crippen molar-refractivity contribution in [2.45, 2.75) is 6.04 Å². The molecule has 0 aliphatic rings. The highest BCUT2D eigenvalue weighted by Crippen LogP contribution is 2.28. The van der Waals surface area contributed by atoms with Crippen molar-refractivity contribution in [2.24, 2.45) is 5.73 Å². The first-order valence-electron chi connectivity index (χ1n) is 3.56. The fraction of sp³-hybridized carbons (Fsp3) is 0.125. The van der Waals surface area contributed by atoms with Gasteiger partial charge in [0.1, 0.15) is 11.9 Å². The van der Waals surface area contributed by atoms with Crippen molar-refractivity contribution in [1.29, 1.82) is 0 Å². The Hall–Kier alpha value is -0.650. The lowest BCUT2D eigenvalue weighted by Gasteiger charge is -2.08. The first-order valence-corrected chi connectivity index (χ1v) is 4.73. The minimum absolute atomic E-state index is 0.0942. The van der Waals surface area contributed by atoms with Crippen molar-refractivity contribution < 1.29 is 14.3 Å². The Morgan fingerprint density at radius 2 is 2.21 bits per heavy atom. The monoisotopic (exact) mass is 281 g/mol. The molecule has 6 heteroatoms. The van der Waals surface area contributed by atoms with E-state index in [2.05, 4.69) is 15.9 Å². The molecule has 1 aromatic rings. The van der Waals surface area contributed by atoms with Gasteiger partial charge in [0.2, 0.25) is 0 Å². The van der Waals surface area contributed by atoms with Crippen LogP contribution in [-0.4, -0.2) is 11.1 Å². The summed E-state index contributed by atoms with van der Waals surface area (Å²) in [4.78, 5) is 10.5. The van der Waals surface area contributed by atoms with Gasteiger partial charge in [-0.2, -0.15) is 0 Å². The Morgan fingerprint density at radius 3 is 2.64 bits per heavy atom. The van der Waals surface area contributed by atoms with Crippen molar-refractivity contribution in [1.82, 2.24) is 0 Å². The van der Waals surface area contributed by atoms with Crippen molar-refractivity contribution >= 4 is 33.5 Å². The van der Waals surface area contributed by atoms with E-state index in [4.69, 9.17) is 22.4 Å². The first-order chi connectivity index (χ1) is 6.43. The number of aliphatic carboxylic acids is 1. The summed E-state index contributed by atoms with van der Waals surface area (Å²) in [5.41, 5.74) is 5.41. The van der Waals surface area contributed by atoms with Gasteiger partial charge < -0.3 is 10.8 Å². The average molecular weight is 282 g/mol. The van der Waals surface area contributed by atoms with Crippen molar-refractivity contribution in [3.8, 4) is 0 Å². The second kappa shape index (κ2) is 4.25. The molecule has 0 radical (unpaired) electrons. The highest BCUT2D eigenvalue weighted by molar-refractivity contribution is 9.10. The maximum atomic E-state index is 13.1. The molecule has 0 spiro atoms. The van der Waals surface area contributed by atoms with Gasteiger partial charge in [0.15, 0.2) is 0 Å². The number of carboxylic acids is 1. The van der Waals surface area contributed by atoms with E-state index in [1.165, 1.54) is 6.07 Å². The lowest BCUT2D eigenvalue weighted by molar-refractivity contribution is -0.138. The van der Waals surface area contributed by atoms with E-state index in [1.807, 2.05) is 0 Å². The zero-order chi connectivity index (χ0) is 10.9. The second-order valence-electron chi connectivity index (χ2n) is 2.61. The van der Waals surface area contributed by atoms with Crippen LogP contribution >= 0.6 is 27.5 Å². The van der Waals surface area contributed by atoms with Crippen LogP contribution in [0.4, 0.5) is 4.39 Å². The van der Waals surface area contributed by atoms with Crippen LogP contribution < -0.4 is 5.73 Å². The molecule has 0 amide bonds. The van der Waals surface area contributed by atoms with Gasteiger partial charge in [0, 0.05) is 0 Å². The molecular weight excluding hydrogens is 276 g/mol. The van der Waals surface area contributed by atoms with Gasteiger partial charge in [-0.05, 0) is 33.6 Å². The number of nitrogens with two attached hydrogens (primary N) is 1. The third-order valence-electron chi connectivity index (χ3n) is 1.63. The largest absolute Gasteiger partial charge is 0.480 e. The van der Waals surface area contributed by atoms with E-state index in [1.54, 1.807) is 0 Å². The third kappa shape index (κ3) is 2.23. The molecule has 3 nitrogen and oxygen atoms in total. The summed E-state index contributed by atoms with van der Waals surface area (Å²) in [5.74, 6) is -1.87. The minimum atomic E-state index is -1.27. The Labute approximate surface area is 92.8 Å². The van der Waals surface area contributed by atoms with Crippen molar-refractivity contribution in [2.75, 3.05) is 0 Å². The Kier molecular flexibility index (Phi) is 3.47. The molecule has 0 fully saturated rings. The predicted octanol–water partition coefficient (Wildman–Crippen LogP) is 2.33. The van der Waals surface area contributed by atoms with Crippen LogP contribution in [0.2, 0.25) is 5.02 Å². The van der Waals surface area contributed by atoms with E-state index >= 15 is 0 Å². The Morgan fingerprint density at radius 1 is 1.64 bits per heavy atom. The molecular formula is C8H6BrClFNO2. The van der Waals surface area contributed by atoms with E-state index in [9.17, 15) is 9.18 Å². The smallest absolute Gasteiger partial charge is 0.325 e. The number of benzene rings is 1. The summed E-state index contributed by atoms with van der Waals surface area (Å²) in [6, 6.07) is 1.08. The molecule has 76 valence electrons. The molecule has 0 aliphatic heterocycles. The molecule has 0 saturated carbocycles. The fourth-order valence-electron chi connectivity index (χ4n) is 0.897. The number of hydrogen-bond acceptors (Lipinski definition) is 2. The van der Waals surface area contributed by atoms with Gasteiger partial charge in [-0.15, -0.1) is 0 Å². The zero-order valence-corrected chi connectivity index (χ0v) is 9.14. The lowest BCUT2D eigenvalue weighted by atomic mass is 10.1. The predicted molar refractivity (Wildman–Crippen MR) is 53.7 cm³/mol. The Balaban J connectivity index is 3.19. The SMILES string of the molecule is NC(C(=O)O)c1cc(F)c(Br)c(Cl)c1. The topological polar surface area (TPSA) is 63.3 Å². The summed E-state index contributed by atoms with van der Waals surface area (Å²) >= 11 is 8.54. The third-order valence-corrected chi connectivity index (χ3v) is 2.96. The molecule has 3 N–H and O–H groups in total. The van der Waals surface area contributed by atoms with Gasteiger partial charge in [-0.25, -0.2) is 4.39 Å². The molecule has 0 heterocycles. The normalized spacial score (nSPS) is 12.6. The quantitative estimate of drug-likeness (QED) is 0.818. The lowest BCUT2D eigenvalue weighted by Crippen LogP contribution is -2.20. The van der Waals surface area contributed by atoms with Crippen LogP contribution in [0.25, 0.3) is 0 Å². The second-order valence-corrected chi connectivity index (χ2v) is 3.81. The molecule has 1 rings (SSSR count). The molecule has 0 aliphatic carbocycles. The molecule has 1 atom stereocenters. The van der Waals surface area contributed by atoms with E-state index in [0.717, 1.165) is 6.07 Å². The summed E-state index contributed by atoms with van der Waals surface area (Å²) in [6.45, 7) is 0. The Bertz CT molecular complexity index is 363. The van der Waals surface area contributed by atoms with Crippen molar-refractivity contribution in [3.05, 3.63) is 33.0 Å². The summed E-state index contributed by atoms with van der Waals surface area (Å²) in [6.07, 6.45) is 0. The summed E-state index contributed by atoms with van der Waals surface area (Å²) < 4.78 is 13.2. The standard InChI is InChI=1S/C8H6BrClFNO2/c9-6-4(10)1-3(2-5(6)11)7(12)8(13)14/h1-2,7H,12H2,(H,13,14). The molecule has 1 unspecified atom stereocenters. The van der Waals surface area contributed by atoms with Crippen LogP contribution in [0.5, 0.6) is 0 Å². The maximum absolute atomic E-state index is 13.1. The number of halogens is 3. The van der Waals surface area contributed by atoms with E-state index in [-0.39, 0.29) is 15.1 Å². The average Bonchev–Trinajstić information content (AvgIpc) is 2.12. The van der Waals surface area contributed by atoms with Crippen LogP contribution in [0, 0.1) is 5.82 Å². The van der Waals surface area contributed by atoms with Crippen LogP contribution in [0.3, 0.4) is 0 Å². The summed E-state index contributed by atoms with van der Waals surface area (Å²) in [7, 11) is 0. The zero-order valence-electron chi connectivity index (χ0n) is 6.80. The molecule has 1 aromatic carbocycles. The minimum Gasteiger partial charge on any atom is -0.480 e. The fourth-order valence-corrected chi connectivity index (χ4v) is 1.34. The molecule has 14 heavy (non-hydrogen) atoms. The number of carbonyl (C=O) groups is 1. The molecule has 0 saturated heterocycles. The van der Waals surface area contributed by atoms with Gasteiger partial charge in [-0.3, -0.25) is 4.79 Å². The van der Waals surface area contributed by atoms with E-state index in [0.29, 0.717) is 0 Å². The number of rotatable bonds is 2. The van der Waals surface area contributed by atoms with Gasteiger partial charge >= 0.3 is 5.97 Å². The van der Waals surface area contributed by atoms with Gasteiger partial charge in [0.05, 0.1) is 9.50 Å². The number of hydrogen-bond donors (Lipinski definition) is 2. The number of carboxylic acid groups (broad SMARTS) is 1. The van der Waals surface area contributed by atoms with Gasteiger partial charge in [-0.1, -0.05) is 11.6 Å². The maximum Gasteiger partial charge on any atom is 0.325 e. The van der Waals surface area contributed by atoms with E-state index < -0.39 is 17.8 Å². The van der Waals surface area contributed by atoms with Crippen LogP contribution in [-0.2, 0) is 4.79 Å². The first kappa shape index (κ1) is 11.4. The highest BCUT2D eigenvalue weighted by Gasteiger charge is 2.17. The molecule has 0 aromatic heterocycles. The highest BCUT2D eigenvalue weighted by atomic mass is 79.9. The van der Waals surface area contributed by atoms with Crippen molar-refractivity contribution in [3.63, 3.8) is 0 Å². The van der Waals surface area contributed by atoms with Crippen LogP contribution in [0.1, 0.15) is 11.6 Å². The van der Waals surface area contributed by atoms with Gasteiger partial charge in [0.25, 0.3) is 0 Å². The molecule has 0 bridgehead atoms. The van der Waals surface area contributed by atoms with Crippen LogP contribution in [0.15, 0.2) is 16.6 Å².